The van der Waals surface area contributed by atoms with Crippen molar-refractivity contribution in [2.24, 2.45) is 0 Å². The summed E-state index contributed by atoms with van der Waals surface area (Å²) in [6, 6.07) is 13.8. The van der Waals surface area contributed by atoms with Gasteiger partial charge in [-0.05, 0) is 64.1 Å². The molecule has 0 radical (unpaired) electrons. The Balaban J connectivity index is 2.25. The van der Waals surface area contributed by atoms with E-state index in [1.54, 1.807) is 36.4 Å². The number of hydrazine groups is 1. The number of aryl methyl sites for hydroxylation is 1. The normalized spacial score (nSPS) is 11.0. The molecule has 0 heterocycles. The molecule has 0 saturated heterocycles. The average Bonchev–Trinajstić information content (AvgIpc) is 2.52. The standard InChI is InChI=1S/C19H21ClN2O2/c1-13-5-7-14(8-6-13)17(23)21-22(19(2,3)4)18(24)15-9-11-16(20)12-10-15/h5-12H,1-4H3,(H,21,23). The molecule has 4 nitrogen and oxygen atoms in total. The van der Waals surface area contributed by atoms with E-state index < -0.39 is 5.54 Å². The average molecular weight is 345 g/mol. The van der Waals surface area contributed by atoms with E-state index in [0.29, 0.717) is 16.1 Å². The van der Waals surface area contributed by atoms with Gasteiger partial charge in [0.05, 0.1) is 5.54 Å². The van der Waals surface area contributed by atoms with Crippen LogP contribution in [0, 0.1) is 6.92 Å². The number of hydrogen-bond acceptors (Lipinski definition) is 2. The molecule has 0 saturated carbocycles. The number of carbonyl (C=O) groups is 2. The second kappa shape index (κ2) is 7.05. The lowest BCUT2D eigenvalue weighted by Crippen LogP contribution is -2.55. The van der Waals surface area contributed by atoms with Gasteiger partial charge in [0.15, 0.2) is 0 Å². The predicted molar refractivity (Wildman–Crippen MR) is 96.0 cm³/mol. The van der Waals surface area contributed by atoms with Crippen molar-refractivity contribution in [2.45, 2.75) is 33.2 Å². The van der Waals surface area contributed by atoms with Crippen molar-refractivity contribution in [3.63, 3.8) is 0 Å². The molecule has 5 heteroatoms. The maximum atomic E-state index is 12.8. The van der Waals surface area contributed by atoms with Crippen LogP contribution in [0.15, 0.2) is 48.5 Å². The van der Waals surface area contributed by atoms with E-state index in [2.05, 4.69) is 5.43 Å². The third-order valence-electron chi connectivity index (χ3n) is 3.49. The summed E-state index contributed by atoms with van der Waals surface area (Å²) in [6.45, 7) is 7.52. The fourth-order valence-corrected chi connectivity index (χ4v) is 2.24. The Morgan fingerprint density at radius 2 is 1.42 bits per heavy atom. The van der Waals surface area contributed by atoms with Gasteiger partial charge < -0.3 is 0 Å². The highest BCUT2D eigenvalue weighted by atomic mass is 35.5. The van der Waals surface area contributed by atoms with Crippen LogP contribution in [0.2, 0.25) is 5.02 Å². The highest BCUT2D eigenvalue weighted by Gasteiger charge is 2.29. The van der Waals surface area contributed by atoms with E-state index in [0.717, 1.165) is 5.56 Å². The molecular formula is C19H21ClN2O2. The third-order valence-corrected chi connectivity index (χ3v) is 3.74. The fourth-order valence-electron chi connectivity index (χ4n) is 2.12. The van der Waals surface area contributed by atoms with Crippen LogP contribution >= 0.6 is 11.6 Å². The summed E-state index contributed by atoms with van der Waals surface area (Å²) in [4.78, 5) is 25.3. The van der Waals surface area contributed by atoms with Gasteiger partial charge in [0.25, 0.3) is 11.8 Å². The number of rotatable bonds is 2. The highest BCUT2D eigenvalue weighted by Crippen LogP contribution is 2.17. The van der Waals surface area contributed by atoms with Gasteiger partial charge >= 0.3 is 0 Å². The van der Waals surface area contributed by atoms with E-state index in [4.69, 9.17) is 11.6 Å². The lowest BCUT2D eigenvalue weighted by Gasteiger charge is -2.35. The first-order valence-corrected chi connectivity index (χ1v) is 8.04. The highest BCUT2D eigenvalue weighted by molar-refractivity contribution is 6.30. The number of hydrogen-bond donors (Lipinski definition) is 1. The Kier molecular flexibility index (Phi) is 5.30. The molecule has 24 heavy (non-hydrogen) atoms. The maximum absolute atomic E-state index is 12.8. The van der Waals surface area contributed by atoms with Gasteiger partial charge in [-0.2, -0.15) is 0 Å². The quantitative estimate of drug-likeness (QED) is 0.828. The molecule has 0 aliphatic rings. The Morgan fingerprint density at radius 3 is 1.92 bits per heavy atom. The number of nitrogens with zero attached hydrogens (tertiary/aromatic N) is 1. The molecule has 0 atom stereocenters. The Labute approximate surface area is 147 Å². The number of nitrogens with one attached hydrogen (secondary N) is 1. The summed E-state index contributed by atoms with van der Waals surface area (Å²) < 4.78 is 0. The van der Waals surface area contributed by atoms with E-state index in [9.17, 15) is 9.59 Å². The first kappa shape index (κ1) is 18.0. The molecule has 0 aliphatic carbocycles. The fraction of sp³-hybridized carbons (Fsp3) is 0.263. The molecule has 0 aliphatic heterocycles. The lowest BCUT2D eigenvalue weighted by atomic mass is 10.1. The van der Waals surface area contributed by atoms with Crippen LogP contribution in [0.1, 0.15) is 47.1 Å². The van der Waals surface area contributed by atoms with Crippen molar-refractivity contribution in [1.82, 2.24) is 10.4 Å². The van der Waals surface area contributed by atoms with Gasteiger partial charge in [-0.15, -0.1) is 0 Å². The molecule has 0 unspecified atom stereocenters. The third kappa shape index (κ3) is 4.36. The van der Waals surface area contributed by atoms with E-state index in [-0.39, 0.29) is 11.8 Å². The molecule has 0 bridgehead atoms. The second-order valence-corrected chi connectivity index (χ2v) is 7.06. The molecule has 0 spiro atoms. The number of benzene rings is 2. The van der Waals surface area contributed by atoms with E-state index in [1.807, 2.05) is 39.8 Å². The molecule has 1 N–H and O–H groups in total. The van der Waals surface area contributed by atoms with Crippen molar-refractivity contribution in [1.29, 1.82) is 0 Å². The number of halogens is 1. The van der Waals surface area contributed by atoms with Gasteiger partial charge in [-0.3, -0.25) is 15.0 Å². The molecule has 2 amide bonds. The second-order valence-electron chi connectivity index (χ2n) is 6.63. The summed E-state index contributed by atoms with van der Waals surface area (Å²) in [7, 11) is 0. The number of amides is 2. The zero-order valence-electron chi connectivity index (χ0n) is 14.3. The maximum Gasteiger partial charge on any atom is 0.272 e. The molecule has 2 aromatic rings. The molecule has 126 valence electrons. The minimum atomic E-state index is -0.586. The van der Waals surface area contributed by atoms with Crippen LogP contribution < -0.4 is 5.43 Å². The molecule has 2 aromatic carbocycles. The Hall–Kier alpha value is -2.33. The Morgan fingerprint density at radius 1 is 0.917 bits per heavy atom. The summed E-state index contributed by atoms with van der Waals surface area (Å²) in [5, 5.41) is 1.90. The SMILES string of the molecule is Cc1ccc(C(=O)NN(C(=O)c2ccc(Cl)cc2)C(C)(C)C)cc1. The number of carbonyl (C=O) groups excluding carboxylic acids is 2. The summed E-state index contributed by atoms with van der Waals surface area (Å²) in [5.74, 6) is -0.619. The minimum Gasteiger partial charge on any atom is -0.267 e. The van der Waals surface area contributed by atoms with Gasteiger partial charge in [0.1, 0.15) is 0 Å². The first-order valence-electron chi connectivity index (χ1n) is 7.66. The van der Waals surface area contributed by atoms with Gasteiger partial charge in [-0.25, -0.2) is 5.01 Å². The smallest absolute Gasteiger partial charge is 0.267 e. The van der Waals surface area contributed by atoms with Crippen LogP contribution in [0.25, 0.3) is 0 Å². The van der Waals surface area contributed by atoms with E-state index in [1.165, 1.54) is 5.01 Å². The first-order chi connectivity index (χ1) is 11.2. The summed E-state index contributed by atoms with van der Waals surface area (Å²) in [6.07, 6.45) is 0. The summed E-state index contributed by atoms with van der Waals surface area (Å²) >= 11 is 5.87. The van der Waals surface area contributed by atoms with Crippen LogP contribution in [0.4, 0.5) is 0 Å². The van der Waals surface area contributed by atoms with Crippen molar-refractivity contribution < 1.29 is 9.59 Å². The van der Waals surface area contributed by atoms with Gasteiger partial charge in [0, 0.05) is 16.1 Å². The van der Waals surface area contributed by atoms with Gasteiger partial charge in [-0.1, -0.05) is 29.3 Å². The largest absolute Gasteiger partial charge is 0.272 e. The lowest BCUT2D eigenvalue weighted by molar-refractivity contribution is 0.0358. The monoisotopic (exact) mass is 344 g/mol. The van der Waals surface area contributed by atoms with Crippen molar-refractivity contribution in [2.75, 3.05) is 0 Å². The predicted octanol–water partition coefficient (Wildman–Crippen LogP) is 4.23. The zero-order valence-corrected chi connectivity index (χ0v) is 15.0. The minimum absolute atomic E-state index is 0.292. The molecule has 2 rings (SSSR count). The van der Waals surface area contributed by atoms with Crippen LogP contribution in [-0.4, -0.2) is 22.4 Å². The van der Waals surface area contributed by atoms with E-state index >= 15 is 0 Å². The van der Waals surface area contributed by atoms with Crippen molar-refractivity contribution >= 4 is 23.4 Å². The Bertz CT molecular complexity index is 731. The zero-order chi connectivity index (χ0) is 17.9. The van der Waals surface area contributed by atoms with Crippen LogP contribution in [0.5, 0.6) is 0 Å². The van der Waals surface area contributed by atoms with Crippen LogP contribution in [0.3, 0.4) is 0 Å². The van der Waals surface area contributed by atoms with Crippen molar-refractivity contribution in [3.05, 3.63) is 70.2 Å². The molecule has 0 fully saturated rings. The molecular weight excluding hydrogens is 324 g/mol. The van der Waals surface area contributed by atoms with Crippen LogP contribution in [-0.2, 0) is 0 Å². The summed E-state index contributed by atoms with van der Waals surface area (Å²) in [5.41, 5.74) is 4.15. The molecule has 0 aromatic heterocycles. The van der Waals surface area contributed by atoms with Gasteiger partial charge in [0.2, 0.25) is 0 Å². The topological polar surface area (TPSA) is 49.4 Å². The van der Waals surface area contributed by atoms with Crippen molar-refractivity contribution in [3.8, 4) is 0 Å².